The number of carbonyl (C=O) groups is 4. The van der Waals surface area contributed by atoms with E-state index in [0.717, 1.165) is 71.7 Å². The molecule has 0 aliphatic carbocycles. The SMILES string of the molecule is C=COC(=O)CCCCCCOc1ccc2cc(OC(=O)c3ccc(OC(=O)c4ccc5cc(OC(=O)C=C)ccc5c4)c(CCC)c3)ccc2c1. The van der Waals surface area contributed by atoms with Gasteiger partial charge in [0.2, 0.25) is 0 Å². The van der Waals surface area contributed by atoms with Gasteiger partial charge >= 0.3 is 23.9 Å². The van der Waals surface area contributed by atoms with Crippen molar-refractivity contribution in [1.82, 2.24) is 0 Å². The van der Waals surface area contributed by atoms with E-state index >= 15 is 0 Å². The molecule has 0 fully saturated rings. The number of hydrogen-bond acceptors (Lipinski definition) is 9. The second kappa shape index (κ2) is 18.1. The van der Waals surface area contributed by atoms with Gasteiger partial charge in [-0.1, -0.05) is 63.6 Å². The fourth-order valence-corrected chi connectivity index (χ4v) is 5.59. The first-order valence-corrected chi connectivity index (χ1v) is 17.2. The first-order valence-electron chi connectivity index (χ1n) is 17.2. The average Bonchev–Trinajstić information content (AvgIpc) is 3.15. The third-order valence-electron chi connectivity index (χ3n) is 8.20. The first-order chi connectivity index (χ1) is 25.3. The van der Waals surface area contributed by atoms with Gasteiger partial charge in [0.05, 0.1) is 24.0 Å². The average molecular weight is 701 g/mol. The summed E-state index contributed by atoms with van der Waals surface area (Å²) in [6.45, 7) is 9.35. The molecule has 0 unspecified atom stereocenters. The minimum Gasteiger partial charge on any atom is -0.494 e. The van der Waals surface area contributed by atoms with E-state index in [9.17, 15) is 19.2 Å². The Labute approximate surface area is 302 Å². The number of fused-ring (bicyclic) bond motifs is 2. The maximum Gasteiger partial charge on any atom is 0.343 e. The molecule has 0 bridgehead atoms. The third kappa shape index (κ3) is 10.2. The molecule has 0 saturated carbocycles. The lowest BCUT2D eigenvalue weighted by atomic mass is 10.0. The summed E-state index contributed by atoms with van der Waals surface area (Å²) in [6.07, 6.45) is 7.48. The zero-order chi connectivity index (χ0) is 36.9. The smallest absolute Gasteiger partial charge is 0.343 e. The molecule has 0 heterocycles. The normalized spacial score (nSPS) is 10.7. The van der Waals surface area contributed by atoms with Crippen LogP contribution < -0.4 is 18.9 Å². The lowest BCUT2D eigenvalue weighted by Gasteiger charge is -2.12. The van der Waals surface area contributed by atoms with Gasteiger partial charge in [0.1, 0.15) is 23.0 Å². The number of ether oxygens (including phenoxy) is 5. The van der Waals surface area contributed by atoms with Crippen LogP contribution in [0.2, 0.25) is 0 Å². The molecule has 0 saturated heterocycles. The van der Waals surface area contributed by atoms with Crippen molar-refractivity contribution in [3.05, 3.63) is 133 Å². The van der Waals surface area contributed by atoms with E-state index in [4.69, 9.17) is 23.7 Å². The van der Waals surface area contributed by atoms with E-state index in [-0.39, 0.29) is 5.97 Å². The van der Waals surface area contributed by atoms with Crippen molar-refractivity contribution in [2.24, 2.45) is 0 Å². The second-order valence-corrected chi connectivity index (χ2v) is 12.0. The molecule has 5 aromatic carbocycles. The highest BCUT2D eigenvalue weighted by molar-refractivity contribution is 5.97. The number of aryl methyl sites for hydroxylation is 1. The van der Waals surface area contributed by atoms with Crippen LogP contribution in [0.25, 0.3) is 21.5 Å². The highest BCUT2D eigenvalue weighted by Crippen LogP contribution is 2.28. The molecular formula is C43H40O9. The summed E-state index contributed by atoms with van der Waals surface area (Å²) in [6, 6.07) is 26.3. The van der Waals surface area contributed by atoms with Crippen LogP contribution in [0, 0.1) is 0 Å². The Morgan fingerprint density at radius 3 is 1.88 bits per heavy atom. The Balaban J connectivity index is 1.17. The van der Waals surface area contributed by atoms with Crippen LogP contribution in [0.1, 0.15) is 71.7 Å². The molecule has 0 amide bonds. The molecule has 0 spiro atoms. The molecule has 52 heavy (non-hydrogen) atoms. The number of esters is 4. The highest BCUT2D eigenvalue weighted by atomic mass is 16.5. The summed E-state index contributed by atoms with van der Waals surface area (Å²) in [5.41, 5.74) is 1.39. The van der Waals surface area contributed by atoms with Crippen molar-refractivity contribution < 1.29 is 42.9 Å². The largest absolute Gasteiger partial charge is 0.494 e. The van der Waals surface area contributed by atoms with Crippen LogP contribution in [0.15, 0.2) is 116 Å². The van der Waals surface area contributed by atoms with Crippen LogP contribution in [0.5, 0.6) is 23.0 Å². The molecule has 0 N–H and O–H groups in total. The van der Waals surface area contributed by atoms with Gasteiger partial charge in [0.15, 0.2) is 0 Å². The van der Waals surface area contributed by atoms with Crippen LogP contribution in [0.4, 0.5) is 0 Å². The lowest BCUT2D eigenvalue weighted by Crippen LogP contribution is -2.12. The molecule has 5 rings (SSSR count). The van der Waals surface area contributed by atoms with E-state index in [2.05, 4.69) is 13.2 Å². The van der Waals surface area contributed by atoms with E-state index < -0.39 is 17.9 Å². The molecule has 0 aliphatic rings. The molecule has 9 nitrogen and oxygen atoms in total. The van der Waals surface area contributed by atoms with E-state index in [1.165, 1.54) is 0 Å². The zero-order valence-electron chi connectivity index (χ0n) is 29.1. The monoisotopic (exact) mass is 700 g/mol. The van der Waals surface area contributed by atoms with Crippen molar-refractivity contribution >= 4 is 45.4 Å². The van der Waals surface area contributed by atoms with Crippen molar-refractivity contribution in [2.75, 3.05) is 6.61 Å². The number of benzene rings is 5. The summed E-state index contributed by atoms with van der Waals surface area (Å²) in [5, 5.41) is 3.39. The summed E-state index contributed by atoms with van der Waals surface area (Å²) in [7, 11) is 0. The fourth-order valence-electron chi connectivity index (χ4n) is 5.59. The topological polar surface area (TPSA) is 114 Å². The number of carbonyl (C=O) groups excluding carboxylic acids is 4. The Kier molecular flexibility index (Phi) is 12.9. The Hall–Kier alpha value is -6.22. The molecule has 0 aliphatic heterocycles. The molecular weight excluding hydrogens is 660 g/mol. The van der Waals surface area contributed by atoms with Crippen molar-refractivity contribution in [3.63, 3.8) is 0 Å². The first kappa shape index (κ1) is 37.0. The predicted octanol–water partition coefficient (Wildman–Crippen LogP) is 9.49. The van der Waals surface area contributed by atoms with Crippen LogP contribution in [0.3, 0.4) is 0 Å². The van der Waals surface area contributed by atoms with Gasteiger partial charge < -0.3 is 23.7 Å². The van der Waals surface area contributed by atoms with Crippen molar-refractivity contribution in [2.45, 2.75) is 51.9 Å². The minimum atomic E-state index is -0.556. The van der Waals surface area contributed by atoms with E-state index in [0.29, 0.717) is 53.4 Å². The Bertz CT molecular complexity index is 2110. The lowest BCUT2D eigenvalue weighted by molar-refractivity contribution is -0.138. The number of hydrogen-bond donors (Lipinski definition) is 0. The Morgan fingerprint density at radius 1 is 0.615 bits per heavy atom. The zero-order valence-corrected chi connectivity index (χ0v) is 29.1. The molecule has 0 radical (unpaired) electrons. The maximum atomic E-state index is 13.2. The number of rotatable bonds is 17. The third-order valence-corrected chi connectivity index (χ3v) is 8.20. The van der Waals surface area contributed by atoms with Crippen LogP contribution in [-0.2, 0) is 20.7 Å². The Morgan fingerprint density at radius 2 is 1.19 bits per heavy atom. The van der Waals surface area contributed by atoms with Crippen molar-refractivity contribution in [1.29, 1.82) is 0 Å². The molecule has 0 atom stereocenters. The van der Waals surface area contributed by atoms with Gasteiger partial charge in [-0.15, -0.1) is 0 Å². The predicted molar refractivity (Wildman–Crippen MR) is 199 cm³/mol. The summed E-state index contributed by atoms with van der Waals surface area (Å²) < 4.78 is 27.3. The van der Waals surface area contributed by atoms with Gasteiger partial charge in [0.25, 0.3) is 0 Å². The summed E-state index contributed by atoms with van der Waals surface area (Å²) in [4.78, 5) is 49.3. The second-order valence-electron chi connectivity index (χ2n) is 12.0. The van der Waals surface area contributed by atoms with E-state index in [1.807, 2.05) is 31.2 Å². The van der Waals surface area contributed by atoms with Crippen molar-refractivity contribution in [3.8, 4) is 23.0 Å². The molecule has 266 valence electrons. The fraction of sp³-hybridized carbons (Fsp3) is 0.209. The minimum absolute atomic E-state index is 0.261. The van der Waals surface area contributed by atoms with Gasteiger partial charge in [-0.05, 0) is 113 Å². The maximum absolute atomic E-state index is 13.2. The van der Waals surface area contributed by atoms with E-state index in [1.54, 1.807) is 66.7 Å². The summed E-state index contributed by atoms with van der Waals surface area (Å²) in [5.74, 6) is 0.00393. The van der Waals surface area contributed by atoms with Gasteiger partial charge in [-0.2, -0.15) is 0 Å². The molecule has 5 aromatic rings. The van der Waals surface area contributed by atoms with Gasteiger partial charge in [-0.3, -0.25) is 4.79 Å². The highest BCUT2D eigenvalue weighted by Gasteiger charge is 2.17. The van der Waals surface area contributed by atoms with Gasteiger partial charge in [-0.25, -0.2) is 14.4 Å². The summed E-state index contributed by atoms with van der Waals surface area (Å²) >= 11 is 0. The molecule has 9 heteroatoms. The molecule has 0 aromatic heterocycles. The standard InChI is InChI=1S/C43H40O9/c1-4-11-33-25-35(18-22-39(33)52-43(47)34-14-13-30-27-37(50-40(44)5-2)20-16-29(30)24-34)42(46)51-38-21-17-31-26-36(19-15-32(31)28-38)49-23-10-8-7-9-12-41(45)48-6-3/h5-6,13-22,24-28H,2-4,7-12,23H2,1H3. The number of unbranched alkanes of at least 4 members (excludes halogenated alkanes) is 3. The van der Waals surface area contributed by atoms with Crippen LogP contribution >= 0.6 is 0 Å². The van der Waals surface area contributed by atoms with Gasteiger partial charge in [0, 0.05) is 12.5 Å². The quantitative estimate of drug-likeness (QED) is 0.0308. The van der Waals surface area contributed by atoms with Crippen LogP contribution in [-0.4, -0.2) is 30.5 Å².